The molecule has 0 fully saturated rings. The first-order chi connectivity index (χ1) is 8.45. The number of carboxylic acid groups (broad SMARTS) is 1. The number of methoxy groups -OCH3 is 1. The van der Waals surface area contributed by atoms with E-state index < -0.39 is 11.9 Å². The SMILES string of the molecule is COC(=O)c1cc(CNCC(=O)O)cc(N)c1C. The molecule has 0 aromatic heterocycles. The highest BCUT2D eigenvalue weighted by atomic mass is 16.5. The summed E-state index contributed by atoms with van der Waals surface area (Å²) in [5, 5.41) is 11.2. The monoisotopic (exact) mass is 252 g/mol. The molecule has 98 valence electrons. The number of carbonyl (C=O) groups is 2. The van der Waals surface area contributed by atoms with E-state index in [1.54, 1.807) is 19.1 Å². The predicted octanol–water partition coefficient (Wildman–Crippen LogP) is 0.538. The van der Waals surface area contributed by atoms with Crippen LogP contribution in [0.15, 0.2) is 12.1 Å². The molecule has 0 aliphatic heterocycles. The van der Waals surface area contributed by atoms with Crippen molar-refractivity contribution in [1.82, 2.24) is 5.32 Å². The summed E-state index contributed by atoms with van der Waals surface area (Å²) in [7, 11) is 1.30. The van der Waals surface area contributed by atoms with Crippen LogP contribution in [0.1, 0.15) is 21.5 Å². The molecular formula is C12H16N2O4. The zero-order valence-electron chi connectivity index (χ0n) is 10.3. The van der Waals surface area contributed by atoms with Crippen molar-refractivity contribution in [3.63, 3.8) is 0 Å². The average molecular weight is 252 g/mol. The Morgan fingerprint density at radius 2 is 2.11 bits per heavy atom. The van der Waals surface area contributed by atoms with E-state index in [4.69, 9.17) is 10.8 Å². The minimum atomic E-state index is -0.941. The number of rotatable bonds is 5. The summed E-state index contributed by atoms with van der Waals surface area (Å²) < 4.78 is 4.66. The first kappa shape index (κ1) is 14.0. The average Bonchev–Trinajstić information content (AvgIpc) is 2.32. The predicted molar refractivity (Wildman–Crippen MR) is 66.3 cm³/mol. The van der Waals surface area contributed by atoms with E-state index in [1.807, 2.05) is 0 Å². The zero-order chi connectivity index (χ0) is 13.7. The van der Waals surface area contributed by atoms with Gasteiger partial charge in [-0.1, -0.05) is 0 Å². The van der Waals surface area contributed by atoms with Gasteiger partial charge in [-0.3, -0.25) is 4.79 Å². The van der Waals surface area contributed by atoms with Gasteiger partial charge in [0.25, 0.3) is 0 Å². The van der Waals surface area contributed by atoms with E-state index in [9.17, 15) is 9.59 Å². The molecule has 0 bridgehead atoms. The summed E-state index contributed by atoms with van der Waals surface area (Å²) in [4.78, 5) is 21.9. The summed E-state index contributed by atoms with van der Waals surface area (Å²) in [5.41, 5.74) is 8.06. The molecule has 4 N–H and O–H groups in total. The van der Waals surface area contributed by atoms with Crippen molar-refractivity contribution in [2.24, 2.45) is 0 Å². The van der Waals surface area contributed by atoms with Gasteiger partial charge in [-0.25, -0.2) is 4.79 Å². The van der Waals surface area contributed by atoms with Gasteiger partial charge in [0.2, 0.25) is 0 Å². The van der Waals surface area contributed by atoms with Gasteiger partial charge in [-0.15, -0.1) is 0 Å². The van der Waals surface area contributed by atoms with Gasteiger partial charge in [0.1, 0.15) is 0 Å². The first-order valence-electron chi connectivity index (χ1n) is 5.35. The van der Waals surface area contributed by atoms with E-state index >= 15 is 0 Å². The minimum absolute atomic E-state index is 0.151. The van der Waals surface area contributed by atoms with Gasteiger partial charge in [0.15, 0.2) is 0 Å². The van der Waals surface area contributed by atoms with E-state index in [1.165, 1.54) is 7.11 Å². The number of esters is 1. The molecule has 18 heavy (non-hydrogen) atoms. The lowest BCUT2D eigenvalue weighted by molar-refractivity contribution is -0.136. The first-order valence-corrected chi connectivity index (χ1v) is 5.35. The van der Waals surface area contributed by atoms with Crippen LogP contribution >= 0.6 is 0 Å². The summed E-state index contributed by atoms with van der Waals surface area (Å²) in [6.45, 7) is 1.90. The number of carboxylic acids is 1. The fourth-order valence-corrected chi connectivity index (χ4v) is 1.54. The molecule has 1 aromatic rings. The van der Waals surface area contributed by atoms with Crippen molar-refractivity contribution in [2.75, 3.05) is 19.4 Å². The number of nitrogens with one attached hydrogen (secondary N) is 1. The lowest BCUT2D eigenvalue weighted by Gasteiger charge is -2.10. The molecule has 0 saturated heterocycles. The highest BCUT2D eigenvalue weighted by Crippen LogP contribution is 2.19. The smallest absolute Gasteiger partial charge is 0.338 e. The number of aliphatic carboxylic acids is 1. The Morgan fingerprint density at radius 1 is 1.44 bits per heavy atom. The molecule has 1 aromatic carbocycles. The second kappa shape index (κ2) is 6.02. The van der Waals surface area contributed by atoms with Crippen molar-refractivity contribution in [3.8, 4) is 0 Å². The maximum Gasteiger partial charge on any atom is 0.338 e. The Bertz CT molecular complexity index is 471. The number of nitrogens with two attached hydrogens (primary N) is 1. The minimum Gasteiger partial charge on any atom is -0.480 e. The van der Waals surface area contributed by atoms with Crippen LogP contribution in [0.4, 0.5) is 5.69 Å². The highest BCUT2D eigenvalue weighted by molar-refractivity contribution is 5.92. The number of hydrogen-bond acceptors (Lipinski definition) is 5. The molecule has 0 atom stereocenters. The second-order valence-corrected chi connectivity index (χ2v) is 3.85. The third kappa shape index (κ3) is 3.46. The normalized spacial score (nSPS) is 10.1. The van der Waals surface area contributed by atoms with Crippen LogP contribution in [-0.2, 0) is 16.1 Å². The lowest BCUT2D eigenvalue weighted by Crippen LogP contribution is -2.22. The van der Waals surface area contributed by atoms with E-state index in [0.717, 1.165) is 5.56 Å². The number of ether oxygens (including phenoxy) is 1. The molecule has 0 saturated carbocycles. The second-order valence-electron chi connectivity index (χ2n) is 3.85. The van der Waals surface area contributed by atoms with E-state index in [-0.39, 0.29) is 6.54 Å². The fourth-order valence-electron chi connectivity index (χ4n) is 1.54. The maximum absolute atomic E-state index is 11.5. The summed E-state index contributed by atoms with van der Waals surface area (Å²) in [6.07, 6.45) is 0. The van der Waals surface area contributed by atoms with Crippen molar-refractivity contribution in [2.45, 2.75) is 13.5 Å². The van der Waals surface area contributed by atoms with Crippen molar-refractivity contribution in [1.29, 1.82) is 0 Å². The van der Waals surface area contributed by atoms with Gasteiger partial charge in [0, 0.05) is 12.2 Å². The van der Waals surface area contributed by atoms with E-state index in [0.29, 0.717) is 23.4 Å². The lowest BCUT2D eigenvalue weighted by atomic mass is 10.0. The summed E-state index contributed by atoms with van der Waals surface area (Å²) >= 11 is 0. The van der Waals surface area contributed by atoms with Crippen molar-refractivity contribution >= 4 is 17.6 Å². The molecule has 0 spiro atoms. The van der Waals surface area contributed by atoms with Crippen LogP contribution in [0.3, 0.4) is 0 Å². The Labute approximate surface area is 105 Å². The molecule has 0 aliphatic rings. The van der Waals surface area contributed by atoms with Crippen LogP contribution in [0.25, 0.3) is 0 Å². The van der Waals surface area contributed by atoms with Gasteiger partial charge in [0.05, 0.1) is 19.2 Å². The largest absolute Gasteiger partial charge is 0.480 e. The third-order valence-corrected chi connectivity index (χ3v) is 2.52. The Kier molecular flexibility index (Phi) is 4.67. The fraction of sp³-hybridized carbons (Fsp3) is 0.333. The van der Waals surface area contributed by atoms with Crippen molar-refractivity contribution < 1.29 is 19.4 Å². The topological polar surface area (TPSA) is 102 Å². The van der Waals surface area contributed by atoms with Gasteiger partial charge in [-0.05, 0) is 30.2 Å². The van der Waals surface area contributed by atoms with Gasteiger partial charge in [-0.2, -0.15) is 0 Å². The molecule has 0 amide bonds. The zero-order valence-corrected chi connectivity index (χ0v) is 10.3. The number of carbonyl (C=O) groups excluding carboxylic acids is 1. The van der Waals surface area contributed by atoms with Crippen molar-refractivity contribution in [3.05, 3.63) is 28.8 Å². The molecule has 0 unspecified atom stereocenters. The third-order valence-electron chi connectivity index (χ3n) is 2.52. The molecule has 1 rings (SSSR count). The number of nitrogen functional groups attached to an aromatic ring is 1. The quantitative estimate of drug-likeness (QED) is 0.522. The standard InChI is InChI=1S/C12H16N2O4/c1-7-9(12(17)18-2)3-8(4-10(7)13)5-14-6-11(15)16/h3-4,14H,5-6,13H2,1-2H3,(H,15,16). The molecule has 6 nitrogen and oxygen atoms in total. The number of benzene rings is 1. The molecule has 0 heterocycles. The number of anilines is 1. The van der Waals surface area contributed by atoms with Crippen LogP contribution < -0.4 is 11.1 Å². The Hall–Kier alpha value is -2.08. The molecular weight excluding hydrogens is 236 g/mol. The Balaban J connectivity index is 2.90. The van der Waals surface area contributed by atoms with Gasteiger partial charge >= 0.3 is 11.9 Å². The maximum atomic E-state index is 11.5. The number of hydrogen-bond donors (Lipinski definition) is 3. The highest BCUT2D eigenvalue weighted by Gasteiger charge is 2.13. The molecule has 0 aliphatic carbocycles. The molecule has 6 heteroatoms. The van der Waals surface area contributed by atoms with Crippen LogP contribution in [0.2, 0.25) is 0 Å². The van der Waals surface area contributed by atoms with Crippen LogP contribution in [0, 0.1) is 6.92 Å². The van der Waals surface area contributed by atoms with Crippen LogP contribution in [-0.4, -0.2) is 30.7 Å². The van der Waals surface area contributed by atoms with Gasteiger partial charge < -0.3 is 20.9 Å². The molecule has 0 radical (unpaired) electrons. The van der Waals surface area contributed by atoms with Crippen LogP contribution in [0.5, 0.6) is 0 Å². The summed E-state index contributed by atoms with van der Waals surface area (Å²) in [6, 6.07) is 3.35. The summed E-state index contributed by atoms with van der Waals surface area (Å²) in [5.74, 6) is -1.40. The Morgan fingerprint density at radius 3 is 2.67 bits per heavy atom. The van der Waals surface area contributed by atoms with E-state index in [2.05, 4.69) is 10.1 Å².